The lowest BCUT2D eigenvalue weighted by Crippen LogP contribution is -2.18. The molecule has 4 aromatic carbocycles. The van der Waals surface area contributed by atoms with Crippen molar-refractivity contribution in [1.82, 2.24) is 0 Å². The minimum absolute atomic E-state index is 0.0366. The van der Waals surface area contributed by atoms with Crippen LogP contribution in [0.5, 0.6) is 17.2 Å². The van der Waals surface area contributed by atoms with Crippen LogP contribution in [0, 0.1) is 0 Å². The quantitative estimate of drug-likeness (QED) is 0.319. The van der Waals surface area contributed by atoms with E-state index in [0.717, 1.165) is 5.56 Å². The number of anilines is 1. The number of ether oxygens (including phenoxy) is 3. The number of rotatable bonds is 7. The summed E-state index contributed by atoms with van der Waals surface area (Å²) in [5.74, 6) is 0.940. The minimum Gasteiger partial charge on any atom is -0.497 e. The molecule has 0 saturated heterocycles. The van der Waals surface area contributed by atoms with Gasteiger partial charge < -0.3 is 14.2 Å². The Balaban J connectivity index is 1.64. The first kappa shape index (κ1) is 23.6. The van der Waals surface area contributed by atoms with Crippen molar-refractivity contribution >= 4 is 15.7 Å². The van der Waals surface area contributed by atoms with Gasteiger partial charge in [0.1, 0.15) is 23.4 Å². The summed E-state index contributed by atoms with van der Waals surface area (Å²) < 4.78 is 71.1. The van der Waals surface area contributed by atoms with Crippen LogP contribution in [0.3, 0.4) is 0 Å². The van der Waals surface area contributed by atoms with Crippen molar-refractivity contribution in [3.8, 4) is 28.4 Å². The molecule has 0 radical (unpaired) electrons. The maximum atomic E-state index is 13.1. The number of sulfonamides is 1. The smallest absolute Gasteiger partial charge is 0.387 e. The lowest BCUT2D eigenvalue weighted by molar-refractivity contribution is -0.0496. The molecule has 1 aliphatic heterocycles. The Bertz CT molecular complexity index is 1510. The van der Waals surface area contributed by atoms with Crippen molar-refractivity contribution in [2.75, 3.05) is 11.8 Å². The fourth-order valence-corrected chi connectivity index (χ4v) is 5.27. The van der Waals surface area contributed by atoms with Crippen LogP contribution in [-0.2, 0) is 10.0 Å². The van der Waals surface area contributed by atoms with Crippen molar-refractivity contribution in [3.05, 3.63) is 102 Å². The molecule has 0 aromatic heterocycles. The second kappa shape index (κ2) is 9.50. The Morgan fingerprint density at radius 3 is 2.44 bits per heavy atom. The van der Waals surface area contributed by atoms with Gasteiger partial charge in [-0.05, 0) is 54.1 Å². The molecule has 0 saturated carbocycles. The Hall–Kier alpha value is -4.11. The van der Waals surface area contributed by atoms with Crippen molar-refractivity contribution < 1.29 is 31.4 Å². The van der Waals surface area contributed by atoms with Crippen LogP contribution in [0.2, 0.25) is 0 Å². The Morgan fingerprint density at radius 2 is 1.69 bits per heavy atom. The average Bonchev–Trinajstić information content (AvgIpc) is 2.88. The highest BCUT2D eigenvalue weighted by atomic mass is 32.2. The van der Waals surface area contributed by atoms with Crippen molar-refractivity contribution in [1.29, 1.82) is 0 Å². The number of halogens is 2. The zero-order valence-electron chi connectivity index (χ0n) is 19.0. The van der Waals surface area contributed by atoms with E-state index < -0.39 is 22.7 Å². The monoisotopic (exact) mass is 509 g/mol. The molecule has 5 rings (SSSR count). The predicted octanol–water partition coefficient (Wildman–Crippen LogP) is 6.25. The first-order chi connectivity index (χ1) is 17.4. The molecule has 1 heterocycles. The summed E-state index contributed by atoms with van der Waals surface area (Å²) in [4.78, 5) is 0.112. The first-order valence-electron chi connectivity index (χ1n) is 11.0. The molecule has 1 aliphatic rings. The van der Waals surface area contributed by atoms with Gasteiger partial charge in [-0.3, -0.25) is 4.72 Å². The fraction of sp³-hybridized carbons (Fsp3) is 0.111. The summed E-state index contributed by atoms with van der Waals surface area (Å²) in [6, 6.07) is 24.8. The van der Waals surface area contributed by atoms with Crippen molar-refractivity contribution in [3.63, 3.8) is 0 Å². The number of methoxy groups -OCH3 is 1. The lowest BCUT2D eigenvalue weighted by Gasteiger charge is -2.31. The number of hydrogen-bond acceptors (Lipinski definition) is 5. The van der Waals surface area contributed by atoms with Crippen molar-refractivity contribution in [2.45, 2.75) is 17.6 Å². The van der Waals surface area contributed by atoms with E-state index >= 15 is 0 Å². The summed E-state index contributed by atoms with van der Waals surface area (Å²) in [6.45, 7) is -3.02. The first-order valence-corrected chi connectivity index (χ1v) is 12.4. The number of hydrogen-bond donors (Lipinski definition) is 1. The van der Waals surface area contributed by atoms with Gasteiger partial charge in [-0.1, -0.05) is 42.5 Å². The topological polar surface area (TPSA) is 73.9 Å². The van der Waals surface area contributed by atoms with E-state index in [9.17, 15) is 17.2 Å². The van der Waals surface area contributed by atoms with E-state index in [0.29, 0.717) is 33.9 Å². The molecule has 0 spiro atoms. The second-order valence-corrected chi connectivity index (χ2v) is 9.69. The molecule has 1 atom stereocenters. The van der Waals surface area contributed by atoms with Gasteiger partial charge in [0.25, 0.3) is 10.0 Å². The molecule has 0 aliphatic carbocycles. The summed E-state index contributed by atoms with van der Waals surface area (Å²) >= 11 is 0. The molecular formula is C27H21F2NO5S. The van der Waals surface area contributed by atoms with Crippen LogP contribution in [0.25, 0.3) is 11.1 Å². The molecule has 9 heteroatoms. The van der Waals surface area contributed by atoms with Gasteiger partial charge in [-0.2, -0.15) is 8.78 Å². The molecule has 0 bridgehead atoms. The Kier molecular flexibility index (Phi) is 6.24. The molecule has 36 heavy (non-hydrogen) atoms. The van der Waals surface area contributed by atoms with E-state index in [1.807, 2.05) is 12.1 Å². The van der Waals surface area contributed by atoms with E-state index in [2.05, 4.69) is 4.72 Å². The highest BCUT2D eigenvalue weighted by Crippen LogP contribution is 2.50. The van der Waals surface area contributed by atoms with Crippen LogP contribution in [0.1, 0.15) is 17.2 Å². The largest absolute Gasteiger partial charge is 0.497 e. The summed E-state index contributed by atoms with van der Waals surface area (Å²) in [7, 11) is -2.30. The van der Waals surface area contributed by atoms with Crippen LogP contribution in [-0.4, -0.2) is 22.1 Å². The van der Waals surface area contributed by atoms with Crippen LogP contribution >= 0.6 is 0 Å². The molecule has 6 nitrogen and oxygen atoms in total. The lowest BCUT2D eigenvalue weighted by atomic mass is 9.88. The predicted molar refractivity (Wildman–Crippen MR) is 131 cm³/mol. The van der Waals surface area contributed by atoms with Crippen LogP contribution < -0.4 is 18.9 Å². The maximum Gasteiger partial charge on any atom is 0.387 e. The van der Waals surface area contributed by atoms with Crippen LogP contribution in [0.4, 0.5) is 14.5 Å². The number of nitrogens with one attached hydrogen (secondary N) is 1. The van der Waals surface area contributed by atoms with E-state index in [-0.39, 0.29) is 10.6 Å². The Labute approximate surface area is 207 Å². The third-order valence-corrected chi connectivity index (χ3v) is 7.15. The standard InChI is InChI=1S/C27H21F2NO5S/c1-33-19-8-5-7-17(15-19)26-22-16-18(30-36(31,32)20-9-3-2-4-10-20)13-14-21(22)25-23(34-26)11-6-12-24(25)35-27(28)29/h2-16,26-27,30H,1H3. The third kappa shape index (κ3) is 4.57. The molecule has 184 valence electrons. The summed E-state index contributed by atoms with van der Waals surface area (Å²) in [5, 5.41) is 0. The fourth-order valence-electron chi connectivity index (χ4n) is 4.20. The summed E-state index contributed by atoms with van der Waals surface area (Å²) in [5.41, 5.74) is 2.57. The minimum atomic E-state index is -3.85. The van der Waals surface area contributed by atoms with Gasteiger partial charge in [0, 0.05) is 16.8 Å². The second-order valence-electron chi connectivity index (χ2n) is 8.00. The normalized spacial score (nSPS) is 14.4. The Morgan fingerprint density at radius 1 is 0.917 bits per heavy atom. The average molecular weight is 510 g/mol. The van der Waals surface area contributed by atoms with E-state index in [1.54, 1.807) is 67.8 Å². The zero-order valence-corrected chi connectivity index (χ0v) is 19.8. The SMILES string of the molecule is COc1cccc(C2Oc3cccc(OC(F)F)c3-c3ccc(NS(=O)(=O)c4ccccc4)cc32)c1. The van der Waals surface area contributed by atoms with Crippen LogP contribution in [0.15, 0.2) is 95.9 Å². The van der Waals surface area contributed by atoms with Gasteiger partial charge in [0.05, 0.1) is 17.6 Å². The molecular weight excluding hydrogens is 488 g/mol. The summed E-state index contributed by atoms with van der Waals surface area (Å²) in [6.07, 6.45) is -0.662. The van der Waals surface area contributed by atoms with Gasteiger partial charge in [0.15, 0.2) is 0 Å². The van der Waals surface area contributed by atoms with Crippen molar-refractivity contribution in [2.24, 2.45) is 0 Å². The highest BCUT2D eigenvalue weighted by molar-refractivity contribution is 7.92. The maximum absolute atomic E-state index is 13.1. The van der Waals surface area contributed by atoms with E-state index in [4.69, 9.17) is 14.2 Å². The highest BCUT2D eigenvalue weighted by Gasteiger charge is 2.31. The molecule has 0 fully saturated rings. The van der Waals surface area contributed by atoms with Gasteiger partial charge in [-0.25, -0.2) is 8.42 Å². The zero-order chi connectivity index (χ0) is 25.3. The number of fused-ring (bicyclic) bond motifs is 3. The molecule has 0 amide bonds. The molecule has 4 aromatic rings. The number of benzene rings is 4. The van der Waals surface area contributed by atoms with Gasteiger partial charge in [0.2, 0.25) is 0 Å². The van der Waals surface area contributed by atoms with Gasteiger partial charge in [-0.15, -0.1) is 0 Å². The molecule has 1 N–H and O–H groups in total. The van der Waals surface area contributed by atoms with E-state index in [1.165, 1.54) is 18.2 Å². The number of alkyl halides is 2. The van der Waals surface area contributed by atoms with Gasteiger partial charge >= 0.3 is 6.61 Å². The third-order valence-electron chi connectivity index (χ3n) is 5.75. The molecule has 1 unspecified atom stereocenters.